The Morgan fingerprint density at radius 1 is 1.38 bits per heavy atom. The van der Waals surface area contributed by atoms with Gasteiger partial charge in [0.2, 0.25) is 0 Å². The molecule has 3 heteroatoms. The molecule has 0 fully saturated rings. The van der Waals surface area contributed by atoms with Crippen LogP contribution in [0, 0.1) is 0 Å². The summed E-state index contributed by atoms with van der Waals surface area (Å²) in [7, 11) is 1.67. The fourth-order valence-electron chi connectivity index (χ4n) is 1.68. The number of hydrogen-bond donors (Lipinski definition) is 2. The topological polar surface area (TPSA) is 41.5 Å². The number of rotatable bonds is 6. The highest BCUT2D eigenvalue weighted by atomic mass is 16.5. The minimum atomic E-state index is -0.448. The standard InChI is InChI=1S/C13H21NO2/c1-4-10-8-11(6-7-13(10)16-3)12(15)9-14-5-2/h6-8,12,14-15H,4-5,9H2,1-3H3. The lowest BCUT2D eigenvalue weighted by atomic mass is 10.0. The Labute approximate surface area is 97.4 Å². The van der Waals surface area contributed by atoms with Gasteiger partial charge < -0.3 is 15.2 Å². The van der Waals surface area contributed by atoms with Gasteiger partial charge in [-0.2, -0.15) is 0 Å². The first kappa shape index (κ1) is 13.0. The summed E-state index contributed by atoms with van der Waals surface area (Å²) in [4.78, 5) is 0. The summed E-state index contributed by atoms with van der Waals surface area (Å²) in [6.07, 6.45) is 0.460. The van der Waals surface area contributed by atoms with Crippen molar-refractivity contribution in [2.45, 2.75) is 26.4 Å². The first-order valence-corrected chi connectivity index (χ1v) is 5.78. The Balaban J connectivity index is 2.81. The zero-order valence-corrected chi connectivity index (χ0v) is 10.3. The molecule has 16 heavy (non-hydrogen) atoms. The highest BCUT2D eigenvalue weighted by molar-refractivity contribution is 5.38. The molecule has 1 aromatic rings. The van der Waals surface area contributed by atoms with Gasteiger partial charge in [0.15, 0.2) is 0 Å². The second kappa shape index (κ2) is 6.51. The van der Waals surface area contributed by atoms with Gasteiger partial charge in [-0.25, -0.2) is 0 Å². The van der Waals surface area contributed by atoms with Gasteiger partial charge in [0.05, 0.1) is 13.2 Å². The van der Waals surface area contributed by atoms with Crippen molar-refractivity contribution in [2.24, 2.45) is 0 Å². The summed E-state index contributed by atoms with van der Waals surface area (Å²) < 4.78 is 5.25. The third kappa shape index (κ3) is 3.22. The third-order valence-electron chi connectivity index (χ3n) is 2.66. The van der Waals surface area contributed by atoms with Gasteiger partial charge in [-0.05, 0) is 36.2 Å². The maximum absolute atomic E-state index is 9.93. The number of aryl methyl sites for hydroxylation is 1. The van der Waals surface area contributed by atoms with Crippen LogP contribution < -0.4 is 10.1 Å². The molecular formula is C13H21NO2. The maximum atomic E-state index is 9.93. The van der Waals surface area contributed by atoms with E-state index in [4.69, 9.17) is 4.74 Å². The molecule has 1 atom stereocenters. The van der Waals surface area contributed by atoms with Crippen LogP contribution in [0.25, 0.3) is 0 Å². The second-order valence-corrected chi connectivity index (χ2v) is 3.75. The molecule has 0 aliphatic heterocycles. The Kier molecular flexibility index (Phi) is 5.29. The van der Waals surface area contributed by atoms with E-state index in [2.05, 4.69) is 12.2 Å². The molecule has 0 aliphatic rings. The molecule has 0 spiro atoms. The molecule has 0 amide bonds. The summed E-state index contributed by atoms with van der Waals surface area (Å²) in [5, 5.41) is 13.1. The van der Waals surface area contributed by atoms with Crippen molar-refractivity contribution in [2.75, 3.05) is 20.2 Å². The van der Waals surface area contributed by atoms with Gasteiger partial charge in [0.1, 0.15) is 5.75 Å². The van der Waals surface area contributed by atoms with E-state index in [9.17, 15) is 5.11 Å². The van der Waals surface area contributed by atoms with Gasteiger partial charge >= 0.3 is 0 Å². The second-order valence-electron chi connectivity index (χ2n) is 3.75. The van der Waals surface area contributed by atoms with E-state index in [0.717, 1.165) is 29.8 Å². The van der Waals surface area contributed by atoms with Crippen molar-refractivity contribution in [1.82, 2.24) is 5.32 Å². The highest BCUT2D eigenvalue weighted by Crippen LogP contribution is 2.23. The average Bonchev–Trinajstić information content (AvgIpc) is 2.34. The lowest BCUT2D eigenvalue weighted by Crippen LogP contribution is -2.20. The van der Waals surface area contributed by atoms with Crippen LogP contribution in [0.5, 0.6) is 5.75 Å². The van der Waals surface area contributed by atoms with Crippen molar-refractivity contribution in [1.29, 1.82) is 0 Å². The molecule has 3 nitrogen and oxygen atoms in total. The summed E-state index contributed by atoms with van der Waals surface area (Å²) >= 11 is 0. The number of likely N-dealkylation sites (N-methyl/N-ethyl adjacent to an activating group) is 1. The predicted octanol–water partition coefficient (Wildman–Crippen LogP) is 1.90. The van der Waals surface area contributed by atoms with Crippen LogP contribution in [-0.4, -0.2) is 25.3 Å². The molecule has 90 valence electrons. The summed E-state index contributed by atoms with van der Waals surface area (Å²) in [6.45, 7) is 5.57. The van der Waals surface area contributed by atoms with Gasteiger partial charge in [-0.15, -0.1) is 0 Å². The number of nitrogens with one attached hydrogen (secondary N) is 1. The minimum absolute atomic E-state index is 0.448. The Morgan fingerprint density at radius 2 is 2.12 bits per heavy atom. The highest BCUT2D eigenvalue weighted by Gasteiger charge is 2.09. The lowest BCUT2D eigenvalue weighted by molar-refractivity contribution is 0.175. The first-order valence-electron chi connectivity index (χ1n) is 5.78. The number of hydrogen-bond acceptors (Lipinski definition) is 3. The SMILES string of the molecule is CCNCC(O)c1ccc(OC)c(CC)c1. The van der Waals surface area contributed by atoms with Crippen LogP contribution in [0.4, 0.5) is 0 Å². The van der Waals surface area contributed by atoms with E-state index >= 15 is 0 Å². The van der Waals surface area contributed by atoms with E-state index in [0.29, 0.717) is 6.54 Å². The van der Waals surface area contributed by atoms with E-state index in [1.54, 1.807) is 7.11 Å². The smallest absolute Gasteiger partial charge is 0.122 e. The molecule has 0 bridgehead atoms. The molecule has 0 saturated heterocycles. The summed E-state index contributed by atoms with van der Waals surface area (Å²) in [6, 6.07) is 5.85. The third-order valence-corrected chi connectivity index (χ3v) is 2.66. The molecular weight excluding hydrogens is 202 g/mol. The van der Waals surface area contributed by atoms with Crippen LogP contribution in [0.2, 0.25) is 0 Å². The summed E-state index contributed by atoms with van der Waals surface area (Å²) in [5.41, 5.74) is 2.08. The molecule has 1 rings (SSSR count). The van der Waals surface area contributed by atoms with E-state index in [1.807, 2.05) is 25.1 Å². The van der Waals surface area contributed by atoms with Gasteiger partial charge in [0.25, 0.3) is 0 Å². The number of aliphatic hydroxyl groups is 1. The monoisotopic (exact) mass is 223 g/mol. The Hall–Kier alpha value is -1.06. The van der Waals surface area contributed by atoms with Crippen molar-refractivity contribution in [3.8, 4) is 5.75 Å². The van der Waals surface area contributed by atoms with Crippen LogP contribution in [0.3, 0.4) is 0 Å². The number of aliphatic hydroxyl groups excluding tert-OH is 1. The van der Waals surface area contributed by atoms with Gasteiger partial charge in [0, 0.05) is 6.54 Å². The zero-order valence-electron chi connectivity index (χ0n) is 10.3. The molecule has 0 saturated carbocycles. The van der Waals surface area contributed by atoms with E-state index in [-0.39, 0.29) is 0 Å². The molecule has 2 N–H and O–H groups in total. The fourth-order valence-corrected chi connectivity index (χ4v) is 1.68. The van der Waals surface area contributed by atoms with Crippen LogP contribution in [-0.2, 0) is 6.42 Å². The summed E-state index contributed by atoms with van der Waals surface area (Å²) in [5.74, 6) is 0.891. The Bertz CT molecular complexity index is 326. The van der Waals surface area contributed by atoms with E-state index in [1.165, 1.54) is 0 Å². The predicted molar refractivity (Wildman–Crippen MR) is 65.9 cm³/mol. The molecule has 1 unspecified atom stereocenters. The van der Waals surface area contributed by atoms with Crippen LogP contribution in [0.1, 0.15) is 31.1 Å². The van der Waals surface area contributed by atoms with Crippen molar-refractivity contribution >= 4 is 0 Å². The maximum Gasteiger partial charge on any atom is 0.122 e. The van der Waals surface area contributed by atoms with Gasteiger partial charge in [-0.3, -0.25) is 0 Å². The van der Waals surface area contributed by atoms with Gasteiger partial charge in [-0.1, -0.05) is 19.9 Å². The van der Waals surface area contributed by atoms with Crippen LogP contribution in [0.15, 0.2) is 18.2 Å². The number of methoxy groups -OCH3 is 1. The molecule has 0 aliphatic carbocycles. The molecule has 0 heterocycles. The Morgan fingerprint density at radius 3 is 2.69 bits per heavy atom. The van der Waals surface area contributed by atoms with Crippen molar-refractivity contribution in [3.05, 3.63) is 29.3 Å². The molecule has 0 radical (unpaired) electrons. The fraction of sp³-hybridized carbons (Fsp3) is 0.538. The largest absolute Gasteiger partial charge is 0.496 e. The van der Waals surface area contributed by atoms with Crippen molar-refractivity contribution in [3.63, 3.8) is 0 Å². The normalized spacial score (nSPS) is 12.5. The van der Waals surface area contributed by atoms with Crippen molar-refractivity contribution < 1.29 is 9.84 Å². The molecule has 0 aromatic heterocycles. The lowest BCUT2D eigenvalue weighted by Gasteiger charge is -2.14. The number of ether oxygens (including phenoxy) is 1. The van der Waals surface area contributed by atoms with E-state index < -0.39 is 6.10 Å². The van der Waals surface area contributed by atoms with Crippen LogP contribution >= 0.6 is 0 Å². The quantitative estimate of drug-likeness (QED) is 0.774. The first-order chi connectivity index (χ1) is 7.72. The average molecular weight is 223 g/mol. The number of benzene rings is 1. The minimum Gasteiger partial charge on any atom is -0.496 e. The molecule has 1 aromatic carbocycles. The zero-order chi connectivity index (χ0) is 12.0.